The molecule has 2 aromatic rings. The molecule has 1 amide bonds. The lowest BCUT2D eigenvalue weighted by Gasteiger charge is -2.10. The summed E-state index contributed by atoms with van der Waals surface area (Å²) in [4.78, 5) is 25.0. The summed E-state index contributed by atoms with van der Waals surface area (Å²) in [5, 5.41) is 3.81. The highest BCUT2D eigenvalue weighted by molar-refractivity contribution is 8.00. The van der Waals surface area contributed by atoms with Crippen LogP contribution in [0.3, 0.4) is 0 Å². The third kappa shape index (κ3) is 4.50. The number of amides is 1. The molecule has 7 heteroatoms. The van der Waals surface area contributed by atoms with Crippen LogP contribution in [0.4, 0.5) is 5.00 Å². The van der Waals surface area contributed by atoms with E-state index in [0.717, 1.165) is 4.90 Å². The van der Waals surface area contributed by atoms with Crippen molar-refractivity contribution in [3.8, 4) is 0 Å². The topological polar surface area (TPSA) is 55.4 Å². The lowest BCUT2D eigenvalue weighted by Crippen LogP contribution is -2.21. The van der Waals surface area contributed by atoms with Crippen molar-refractivity contribution < 1.29 is 14.3 Å². The number of halogens is 1. The van der Waals surface area contributed by atoms with Gasteiger partial charge in [0.15, 0.2) is 0 Å². The summed E-state index contributed by atoms with van der Waals surface area (Å²) in [5.41, 5.74) is 0. The average Bonchev–Trinajstić information content (AvgIpc) is 2.97. The normalized spacial score (nSPS) is 11.8. The molecule has 1 atom stereocenters. The number of hydrogen-bond donors (Lipinski definition) is 1. The van der Waals surface area contributed by atoms with Crippen molar-refractivity contribution in [1.82, 2.24) is 0 Å². The second-order valence-electron chi connectivity index (χ2n) is 4.36. The first-order chi connectivity index (χ1) is 10.5. The molecular formula is C15H14ClNO3S2. The van der Waals surface area contributed by atoms with Crippen molar-refractivity contribution in [2.24, 2.45) is 0 Å². The van der Waals surface area contributed by atoms with Crippen LogP contribution in [0.25, 0.3) is 0 Å². The number of nitrogens with one attached hydrogen (secondary N) is 1. The van der Waals surface area contributed by atoms with Gasteiger partial charge in [0, 0.05) is 9.92 Å². The number of anilines is 1. The van der Waals surface area contributed by atoms with Gasteiger partial charge < -0.3 is 10.1 Å². The van der Waals surface area contributed by atoms with Crippen molar-refractivity contribution >= 4 is 51.6 Å². The quantitative estimate of drug-likeness (QED) is 0.641. The summed E-state index contributed by atoms with van der Waals surface area (Å²) in [7, 11) is 1.32. The summed E-state index contributed by atoms with van der Waals surface area (Å²) < 4.78 is 4.63. The number of hydrogen-bond acceptors (Lipinski definition) is 5. The third-order valence-electron chi connectivity index (χ3n) is 2.73. The fraction of sp³-hybridized carbons (Fsp3) is 0.200. The van der Waals surface area contributed by atoms with Gasteiger partial charge in [-0.3, -0.25) is 4.79 Å². The van der Waals surface area contributed by atoms with Crippen molar-refractivity contribution in [2.45, 2.75) is 17.1 Å². The van der Waals surface area contributed by atoms with Crippen molar-refractivity contribution in [1.29, 1.82) is 0 Å². The van der Waals surface area contributed by atoms with Gasteiger partial charge in [-0.25, -0.2) is 4.79 Å². The molecule has 1 aromatic carbocycles. The molecule has 1 N–H and O–H groups in total. The van der Waals surface area contributed by atoms with Gasteiger partial charge in [-0.1, -0.05) is 11.6 Å². The Morgan fingerprint density at radius 3 is 2.55 bits per heavy atom. The lowest BCUT2D eigenvalue weighted by atomic mass is 10.4. The van der Waals surface area contributed by atoms with Crippen LogP contribution in [-0.2, 0) is 9.53 Å². The molecule has 0 fully saturated rings. The molecule has 0 saturated heterocycles. The fourth-order valence-corrected chi connectivity index (χ4v) is 3.43. The summed E-state index contributed by atoms with van der Waals surface area (Å²) >= 11 is 8.46. The first-order valence-corrected chi connectivity index (χ1v) is 8.48. The van der Waals surface area contributed by atoms with Gasteiger partial charge in [0.05, 0.1) is 17.4 Å². The van der Waals surface area contributed by atoms with Crippen LogP contribution in [-0.4, -0.2) is 24.2 Å². The molecule has 1 aromatic heterocycles. The third-order valence-corrected chi connectivity index (χ3v) is 5.08. The fourth-order valence-electron chi connectivity index (χ4n) is 1.61. The number of carbonyl (C=O) groups is 2. The summed E-state index contributed by atoms with van der Waals surface area (Å²) in [6.45, 7) is 1.82. The van der Waals surface area contributed by atoms with E-state index in [-0.39, 0.29) is 11.2 Å². The molecule has 0 aliphatic rings. The number of thioether (sulfide) groups is 1. The van der Waals surface area contributed by atoms with E-state index < -0.39 is 5.97 Å². The van der Waals surface area contributed by atoms with Crippen molar-refractivity contribution in [3.63, 3.8) is 0 Å². The molecule has 0 aliphatic carbocycles. The van der Waals surface area contributed by atoms with Crippen molar-refractivity contribution in [2.75, 3.05) is 12.4 Å². The van der Waals surface area contributed by atoms with Crippen LogP contribution in [0.1, 0.15) is 16.6 Å². The largest absolute Gasteiger partial charge is 0.465 e. The van der Waals surface area contributed by atoms with Gasteiger partial charge in [0.1, 0.15) is 4.88 Å². The van der Waals surface area contributed by atoms with Crippen LogP contribution in [0.5, 0.6) is 0 Å². The van der Waals surface area contributed by atoms with E-state index in [9.17, 15) is 9.59 Å². The van der Waals surface area contributed by atoms with E-state index >= 15 is 0 Å². The molecule has 2 rings (SSSR count). The smallest absolute Gasteiger partial charge is 0.348 e. The minimum atomic E-state index is -0.408. The maximum atomic E-state index is 12.2. The number of methoxy groups -OCH3 is 1. The number of esters is 1. The molecule has 0 aliphatic heterocycles. The molecule has 0 spiro atoms. The number of carbonyl (C=O) groups excluding carboxylic acids is 2. The van der Waals surface area contributed by atoms with E-state index in [2.05, 4.69) is 10.1 Å². The molecule has 116 valence electrons. The zero-order valence-electron chi connectivity index (χ0n) is 12.0. The zero-order valence-corrected chi connectivity index (χ0v) is 14.3. The van der Waals surface area contributed by atoms with Crippen LogP contribution in [0.2, 0.25) is 5.02 Å². The van der Waals surface area contributed by atoms with E-state index in [4.69, 9.17) is 11.6 Å². The Kier molecular flexibility index (Phi) is 5.88. The number of benzene rings is 1. The highest BCUT2D eigenvalue weighted by Gasteiger charge is 2.16. The lowest BCUT2D eigenvalue weighted by molar-refractivity contribution is -0.115. The molecule has 0 saturated carbocycles. The van der Waals surface area contributed by atoms with E-state index in [1.54, 1.807) is 24.3 Å². The first kappa shape index (κ1) is 16.9. The van der Waals surface area contributed by atoms with Crippen LogP contribution < -0.4 is 5.32 Å². The summed E-state index contributed by atoms with van der Waals surface area (Å²) in [5.74, 6) is -0.535. The van der Waals surface area contributed by atoms with Gasteiger partial charge in [0.25, 0.3) is 0 Å². The average molecular weight is 356 g/mol. The highest BCUT2D eigenvalue weighted by atomic mass is 35.5. The second-order valence-corrected chi connectivity index (χ2v) is 7.29. The predicted molar refractivity (Wildman–Crippen MR) is 91.1 cm³/mol. The number of rotatable bonds is 5. The Morgan fingerprint density at radius 2 is 1.91 bits per heavy atom. The van der Waals surface area contributed by atoms with E-state index in [1.807, 2.05) is 19.1 Å². The molecule has 4 nitrogen and oxygen atoms in total. The Morgan fingerprint density at radius 1 is 1.23 bits per heavy atom. The van der Waals surface area contributed by atoms with E-state index in [1.165, 1.54) is 30.2 Å². The predicted octanol–water partition coefficient (Wildman–Crippen LogP) is 4.31. The number of thiophene rings is 1. The Labute approximate surface area is 141 Å². The Balaban J connectivity index is 1.94. The second kappa shape index (κ2) is 7.67. The van der Waals surface area contributed by atoms with Gasteiger partial charge in [-0.05, 0) is 43.3 Å². The highest BCUT2D eigenvalue weighted by Crippen LogP contribution is 2.27. The van der Waals surface area contributed by atoms with Crippen LogP contribution in [0.15, 0.2) is 41.3 Å². The van der Waals surface area contributed by atoms with Gasteiger partial charge in [-0.15, -0.1) is 23.1 Å². The monoisotopic (exact) mass is 355 g/mol. The Bertz CT molecular complexity index is 670. The van der Waals surface area contributed by atoms with Crippen molar-refractivity contribution in [3.05, 3.63) is 46.3 Å². The van der Waals surface area contributed by atoms with Crippen LogP contribution in [0, 0.1) is 0 Å². The number of ether oxygens (including phenoxy) is 1. The van der Waals surface area contributed by atoms with Gasteiger partial charge in [-0.2, -0.15) is 0 Å². The maximum absolute atomic E-state index is 12.2. The molecule has 1 heterocycles. The molecule has 22 heavy (non-hydrogen) atoms. The molecule has 0 radical (unpaired) electrons. The first-order valence-electron chi connectivity index (χ1n) is 6.41. The summed E-state index contributed by atoms with van der Waals surface area (Å²) in [6, 6.07) is 10.6. The van der Waals surface area contributed by atoms with Crippen LogP contribution >= 0.6 is 34.7 Å². The minimum absolute atomic E-state index is 0.127. The minimum Gasteiger partial charge on any atom is -0.465 e. The standard InChI is InChI=1S/C15H14ClNO3S2/c1-9(21-11-5-3-10(16)4-6-11)14(18)17-13-8-7-12(22-13)15(19)20-2/h3-9H,1-2H3,(H,17,18). The van der Waals surface area contributed by atoms with Gasteiger partial charge >= 0.3 is 5.97 Å². The Hall–Kier alpha value is -1.50. The van der Waals surface area contributed by atoms with E-state index in [0.29, 0.717) is 14.9 Å². The molecular weight excluding hydrogens is 342 g/mol. The maximum Gasteiger partial charge on any atom is 0.348 e. The van der Waals surface area contributed by atoms with Gasteiger partial charge in [0.2, 0.25) is 5.91 Å². The SMILES string of the molecule is COC(=O)c1ccc(NC(=O)C(C)Sc2ccc(Cl)cc2)s1. The zero-order chi connectivity index (χ0) is 16.1. The molecule has 0 bridgehead atoms. The summed E-state index contributed by atoms with van der Waals surface area (Å²) in [6.07, 6.45) is 0. The molecule has 1 unspecified atom stereocenters.